The average molecular weight is 379 g/mol. The summed E-state index contributed by atoms with van der Waals surface area (Å²) in [7, 11) is 0. The highest BCUT2D eigenvalue weighted by Crippen LogP contribution is 2.42. The van der Waals surface area contributed by atoms with Crippen molar-refractivity contribution in [1.82, 2.24) is 14.6 Å². The van der Waals surface area contributed by atoms with Crippen molar-refractivity contribution in [3.63, 3.8) is 0 Å². The van der Waals surface area contributed by atoms with Crippen LogP contribution in [0.4, 0.5) is 10.2 Å². The van der Waals surface area contributed by atoms with Crippen LogP contribution in [0.5, 0.6) is 0 Å². The van der Waals surface area contributed by atoms with E-state index in [0.717, 1.165) is 31.7 Å². The lowest BCUT2D eigenvalue weighted by Crippen LogP contribution is -2.35. The standard InChI is InChI=1S/C18H17Cl2FN4/c1-11-6-9-24(10-7-11)18-16(15-12(19)3-2-4-13(15)21)17(20)23-14-5-8-22-25(14)18/h2-5,8,11H,6-7,9-10H2,1H3. The molecule has 0 amide bonds. The van der Waals surface area contributed by atoms with Gasteiger partial charge in [-0.05, 0) is 30.9 Å². The Balaban J connectivity index is 2.00. The van der Waals surface area contributed by atoms with Crippen LogP contribution in [0.15, 0.2) is 30.5 Å². The summed E-state index contributed by atoms with van der Waals surface area (Å²) in [5.41, 5.74) is 1.40. The lowest BCUT2D eigenvalue weighted by atomic mass is 9.98. The zero-order valence-corrected chi connectivity index (χ0v) is 15.2. The van der Waals surface area contributed by atoms with Crippen molar-refractivity contribution in [2.24, 2.45) is 5.92 Å². The molecule has 25 heavy (non-hydrogen) atoms. The third-order valence-electron chi connectivity index (χ3n) is 4.76. The van der Waals surface area contributed by atoms with Crippen LogP contribution in [0.2, 0.25) is 10.2 Å². The van der Waals surface area contributed by atoms with E-state index in [4.69, 9.17) is 23.2 Å². The molecule has 2 aromatic heterocycles. The van der Waals surface area contributed by atoms with Crippen LogP contribution in [0, 0.1) is 11.7 Å². The molecule has 3 heterocycles. The Morgan fingerprint density at radius 1 is 1.12 bits per heavy atom. The van der Waals surface area contributed by atoms with Gasteiger partial charge in [-0.3, -0.25) is 0 Å². The summed E-state index contributed by atoms with van der Waals surface area (Å²) in [5.74, 6) is 0.996. The highest BCUT2D eigenvalue weighted by atomic mass is 35.5. The minimum Gasteiger partial charge on any atom is -0.356 e. The fourth-order valence-corrected chi connectivity index (χ4v) is 3.89. The molecule has 0 saturated carbocycles. The maximum atomic E-state index is 14.6. The van der Waals surface area contributed by atoms with Gasteiger partial charge in [0.2, 0.25) is 0 Å². The first-order valence-corrected chi connectivity index (χ1v) is 9.04. The molecular weight excluding hydrogens is 362 g/mol. The molecule has 3 aromatic rings. The van der Waals surface area contributed by atoms with E-state index >= 15 is 0 Å². The van der Waals surface area contributed by atoms with Gasteiger partial charge >= 0.3 is 0 Å². The number of hydrogen-bond donors (Lipinski definition) is 0. The first-order chi connectivity index (χ1) is 12.1. The van der Waals surface area contributed by atoms with Gasteiger partial charge in [-0.2, -0.15) is 9.61 Å². The van der Waals surface area contributed by atoms with Crippen LogP contribution in [0.3, 0.4) is 0 Å². The molecule has 130 valence electrons. The molecule has 0 aliphatic carbocycles. The number of hydrogen-bond acceptors (Lipinski definition) is 3. The van der Waals surface area contributed by atoms with E-state index in [9.17, 15) is 4.39 Å². The van der Waals surface area contributed by atoms with E-state index in [2.05, 4.69) is 21.9 Å². The fourth-order valence-electron chi connectivity index (χ4n) is 3.36. The Labute approximate surface area is 155 Å². The summed E-state index contributed by atoms with van der Waals surface area (Å²) in [5, 5.41) is 4.93. The molecule has 1 aliphatic heterocycles. The largest absolute Gasteiger partial charge is 0.356 e. The minimum atomic E-state index is -0.422. The normalized spacial score (nSPS) is 15.9. The predicted octanol–water partition coefficient (Wildman–Crippen LogP) is 5.08. The van der Waals surface area contributed by atoms with Crippen LogP contribution < -0.4 is 4.90 Å². The van der Waals surface area contributed by atoms with E-state index in [-0.39, 0.29) is 10.7 Å². The van der Waals surface area contributed by atoms with E-state index in [1.54, 1.807) is 28.9 Å². The zero-order valence-electron chi connectivity index (χ0n) is 13.7. The minimum absolute atomic E-state index is 0.230. The van der Waals surface area contributed by atoms with Crippen LogP contribution >= 0.6 is 23.2 Å². The molecule has 0 spiro atoms. The summed E-state index contributed by atoms with van der Waals surface area (Å²) in [6, 6.07) is 6.41. The summed E-state index contributed by atoms with van der Waals surface area (Å²) in [6.07, 6.45) is 3.79. The molecule has 4 rings (SSSR count). The van der Waals surface area contributed by atoms with Gasteiger partial charge in [-0.25, -0.2) is 9.37 Å². The number of aromatic nitrogens is 3. The summed E-state index contributed by atoms with van der Waals surface area (Å²) >= 11 is 12.8. The van der Waals surface area contributed by atoms with Gasteiger partial charge < -0.3 is 4.90 Å². The molecule has 7 heteroatoms. The maximum absolute atomic E-state index is 14.6. The quantitative estimate of drug-likeness (QED) is 0.583. The monoisotopic (exact) mass is 378 g/mol. The van der Waals surface area contributed by atoms with E-state index in [0.29, 0.717) is 22.2 Å². The molecule has 1 aliphatic rings. The second-order valence-electron chi connectivity index (χ2n) is 6.47. The Hall–Kier alpha value is -1.85. The molecule has 0 unspecified atom stereocenters. The van der Waals surface area contributed by atoms with Gasteiger partial charge in [0, 0.05) is 24.7 Å². The first kappa shape index (κ1) is 16.6. The van der Waals surface area contributed by atoms with Crippen LogP contribution in [-0.2, 0) is 0 Å². The summed E-state index contributed by atoms with van der Waals surface area (Å²) < 4.78 is 16.4. The number of rotatable bonds is 2. The van der Waals surface area contributed by atoms with Gasteiger partial charge in [0.15, 0.2) is 5.65 Å². The third kappa shape index (κ3) is 2.85. The second kappa shape index (κ2) is 6.46. The Kier molecular flexibility index (Phi) is 4.29. The molecule has 0 radical (unpaired) electrons. The van der Waals surface area contributed by atoms with E-state index in [1.807, 2.05) is 0 Å². The van der Waals surface area contributed by atoms with Crippen molar-refractivity contribution in [2.75, 3.05) is 18.0 Å². The highest BCUT2D eigenvalue weighted by Gasteiger charge is 2.27. The predicted molar refractivity (Wildman–Crippen MR) is 99.0 cm³/mol. The molecule has 1 aromatic carbocycles. The highest BCUT2D eigenvalue weighted by molar-refractivity contribution is 6.36. The van der Waals surface area contributed by atoms with Crippen molar-refractivity contribution in [3.8, 4) is 11.1 Å². The topological polar surface area (TPSA) is 33.4 Å². The molecule has 0 N–H and O–H groups in total. The lowest BCUT2D eigenvalue weighted by molar-refractivity contribution is 0.435. The van der Waals surface area contributed by atoms with Crippen molar-refractivity contribution in [2.45, 2.75) is 19.8 Å². The Bertz CT molecular complexity index is 912. The van der Waals surface area contributed by atoms with Crippen LogP contribution in [-0.4, -0.2) is 27.7 Å². The first-order valence-electron chi connectivity index (χ1n) is 8.29. The van der Waals surface area contributed by atoms with Crippen molar-refractivity contribution in [1.29, 1.82) is 0 Å². The average Bonchev–Trinajstić information content (AvgIpc) is 3.03. The van der Waals surface area contributed by atoms with Gasteiger partial charge in [-0.15, -0.1) is 0 Å². The number of halogens is 3. The molecule has 0 bridgehead atoms. The van der Waals surface area contributed by atoms with Crippen molar-refractivity contribution >= 4 is 34.7 Å². The molecule has 0 atom stereocenters. The third-order valence-corrected chi connectivity index (χ3v) is 5.35. The number of benzene rings is 1. The fraction of sp³-hybridized carbons (Fsp3) is 0.333. The van der Waals surface area contributed by atoms with Gasteiger partial charge in [0.25, 0.3) is 0 Å². The van der Waals surface area contributed by atoms with Crippen LogP contribution in [0.1, 0.15) is 19.8 Å². The number of anilines is 1. The Morgan fingerprint density at radius 3 is 2.60 bits per heavy atom. The summed E-state index contributed by atoms with van der Waals surface area (Å²) in [6.45, 7) is 3.96. The zero-order chi connectivity index (χ0) is 17.6. The van der Waals surface area contributed by atoms with E-state index in [1.165, 1.54) is 6.07 Å². The number of nitrogens with zero attached hydrogens (tertiary/aromatic N) is 4. The number of piperidine rings is 1. The molecule has 1 fully saturated rings. The molecular formula is C18H17Cl2FN4. The van der Waals surface area contributed by atoms with Gasteiger partial charge in [0.05, 0.1) is 16.8 Å². The smallest absolute Gasteiger partial charge is 0.159 e. The Morgan fingerprint density at radius 2 is 1.88 bits per heavy atom. The van der Waals surface area contributed by atoms with Gasteiger partial charge in [-0.1, -0.05) is 36.2 Å². The van der Waals surface area contributed by atoms with Crippen LogP contribution in [0.25, 0.3) is 16.8 Å². The van der Waals surface area contributed by atoms with Crippen molar-refractivity contribution < 1.29 is 4.39 Å². The second-order valence-corrected chi connectivity index (χ2v) is 7.23. The van der Waals surface area contributed by atoms with Crippen molar-refractivity contribution in [3.05, 3.63) is 46.5 Å². The SMILES string of the molecule is CC1CCN(c2c(-c3c(F)cccc3Cl)c(Cl)nc3ccnn23)CC1. The maximum Gasteiger partial charge on any atom is 0.159 e. The van der Waals surface area contributed by atoms with E-state index < -0.39 is 5.82 Å². The lowest BCUT2D eigenvalue weighted by Gasteiger charge is -2.33. The molecule has 4 nitrogen and oxygen atoms in total. The van der Waals surface area contributed by atoms with Gasteiger partial charge in [0.1, 0.15) is 16.8 Å². The number of fused-ring (bicyclic) bond motifs is 1. The summed E-state index contributed by atoms with van der Waals surface area (Å²) in [4.78, 5) is 6.58. The molecule has 1 saturated heterocycles.